The molecule has 1 aliphatic heterocycles. The minimum atomic E-state index is -3.66. The fourth-order valence-corrected chi connectivity index (χ4v) is 6.48. The number of thiophene rings is 1. The molecule has 0 radical (unpaired) electrons. The molecule has 2 fully saturated rings. The van der Waals surface area contributed by atoms with E-state index in [0.717, 1.165) is 24.2 Å². The summed E-state index contributed by atoms with van der Waals surface area (Å²) in [5.41, 5.74) is 0.647. The smallest absolute Gasteiger partial charge is 0.252 e. The van der Waals surface area contributed by atoms with E-state index in [1.54, 1.807) is 11.4 Å². The number of rotatable bonds is 6. The number of nitrogens with zero attached hydrogens (tertiary/aromatic N) is 3. The summed E-state index contributed by atoms with van der Waals surface area (Å²) in [6.45, 7) is 4.44. The summed E-state index contributed by atoms with van der Waals surface area (Å²) in [6, 6.07) is 1.64. The molecule has 8 nitrogen and oxygen atoms in total. The summed E-state index contributed by atoms with van der Waals surface area (Å²) < 4.78 is 33.3. The Morgan fingerprint density at radius 2 is 2.10 bits per heavy atom. The van der Waals surface area contributed by atoms with Crippen molar-refractivity contribution >= 4 is 27.3 Å². The molecule has 1 saturated carbocycles. The van der Waals surface area contributed by atoms with Crippen molar-refractivity contribution in [3.8, 4) is 11.4 Å². The molecule has 3 heterocycles. The summed E-state index contributed by atoms with van der Waals surface area (Å²) in [5.74, 6) is 0.999. The summed E-state index contributed by atoms with van der Waals surface area (Å²) in [4.78, 5) is 16.8. The number of hydrogen-bond donors (Lipinski definition) is 1. The first-order valence-corrected chi connectivity index (χ1v) is 12.4. The van der Waals surface area contributed by atoms with Gasteiger partial charge in [-0.2, -0.15) is 9.29 Å². The second-order valence-electron chi connectivity index (χ2n) is 8.10. The highest BCUT2D eigenvalue weighted by molar-refractivity contribution is 7.91. The van der Waals surface area contributed by atoms with E-state index >= 15 is 0 Å². The molecule has 1 aliphatic carbocycles. The average molecular weight is 439 g/mol. The van der Waals surface area contributed by atoms with Crippen molar-refractivity contribution in [2.75, 3.05) is 13.1 Å². The quantitative estimate of drug-likeness (QED) is 0.743. The van der Waals surface area contributed by atoms with Crippen LogP contribution in [-0.4, -0.2) is 47.9 Å². The zero-order valence-corrected chi connectivity index (χ0v) is 18.3. The number of aromatic nitrogens is 2. The molecule has 4 rings (SSSR count). The zero-order valence-electron chi connectivity index (χ0n) is 16.6. The van der Waals surface area contributed by atoms with Gasteiger partial charge in [0.25, 0.3) is 10.0 Å². The number of piperidine rings is 1. The molecule has 0 spiro atoms. The molecule has 158 valence electrons. The highest BCUT2D eigenvalue weighted by Gasteiger charge is 2.34. The highest BCUT2D eigenvalue weighted by Crippen LogP contribution is 2.37. The van der Waals surface area contributed by atoms with Gasteiger partial charge < -0.3 is 9.84 Å². The van der Waals surface area contributed by atoms with Crippen LogP contribution in [0.5, 0.6) is 0 Å². The average Bonchev–Trinajstić information content (AvgIpc) is 3.29. The van der Waals surface area contributed by atoms with Crippen molar-refractivity contribution in [3.05, 3.63) is 17.3 Å². The van der Waals surface area contributed by atoms with Crippen LogP contribution in [0, 0.1) is 5.92 Å². The molecular formula is C19H26N4O4S2. The van der Waals surface area contributed by atoms with Crippen LogP contribution in [0.1, 0.15) is 57.8 Å². The third-order valence-electron chi connectivity index (χ3n) is 5.51. The van der Waals surface area contributed by atoms with Crippen molar-refractivity contribution in [1.29, 1.82) is 0 Å². The number of amides is 1. The Labute approximate surface area is 174 Å². The first-order chi connectivity index (χ1) is 13.8. The molecule has 1 N–H and O–H groups in total. The third kappa shape index (κ3) is 4.24. The normalized spacial score (nSPS) is 21.3. The summed E-state index contributed by atoms with van der Waals surface area (Å²) in [6.07, 6.45) is 4.67. The molecule has 0 aromatic carbocycles. The van der Waals surface area contributed by atoms with Crippen LogP contribution in [0.15, 0.2) is 20.2 Å². The van der Waals surface area contributed by atoms with Crippen molar-refractivity contribution in [2.45, 2.75) is 62.1 Å². The topological polar surface area (TPSA) is 105 Å². The predicted octanol–water partition coefficient (Wildman–Crippen LogP) is 2.99. The van der Waals surface area contributed by atoms with Crippen LogP contribution < -0.4 is 5.32 Å². The third-order valence-corrected chi connectivity index (χ3v) is 8.79. The molecule has 2 aromatic heterocycles. The molecular weight excluding hydrogens is 412 g/mol. The molecule has 1 unspecified atom stereocenters. The van der Waals surface area contributed by atoms with Crippen molar-refractivity contribution in [1.82, 2.24) is 19.8 Å². The van der Waals surface area contributed by atoms with Crippen LogP contribution in [0.4, 0.5) is 0 Å². The lowest BCUT2D eigenvalue weighted by Crippen LogP contribution is -2.46. The van der Waals surface area contributed by atoms with Gasteiger partial charge in [-0.1, -0.05) is 11.6 Å². The van der Waals surface area contributed by atoms with Crippen LogP contribution >= 0.6 is 11.3 Å². The molecule has 10 heteroatoms. The van der Waals surface area contributed by atoms with Gasteiger partial charge in [0.05, 0.1) is 5.92 Å². The summed E-state index contributed by atoms with van der Waals surface area (Å²) in [5, 5.41) is 8.65. The van der Waals surface area contributed by atoms with E-state index in [-0.39, 0.29) is 28.6 Å². The van der Waals surface area contributed by atoms with Gasteiger partial charge in [0, 0.05) is 36.0 Å². The maximum Gasteiger partial charge on any atom is 0.252 e. The van der Waals surface area contributed by atoms with E-state index in [2.05, 4.69) is 15.5 Å². The number of carbonyl (C=O) groups excluding carboxylic acids is 1. The molecule has 1 saturated heterocycles. The molecule has 2 aliphatic rings. The van der Waals surface area contributed by atoms with Crippen LogP contribution in [0.2, 0.25) is 0 Å². The Bertz CT molecular complexity index is 978. The molecule has 2 aromatic rings. The fourth-order valence-electron chi connectivity index (χ4n) is 3.65. The Balaban J connectivity index is 1.49. The lowest BCUT2D eigenvalue weighted by molar-refractivity contribution is -0.126. The van der Waals surface area contributed by atoms with Crippen LogP contribution in [-0.2, 0) is 14.8 Å². The van der Waals surface area contributed by atoms with Gasteiger partial charge in [0.15, 0.2) is 0 Å². The zero-order chi connectivity index (χ0) is 20.6. The van der Waals surface area contributed by atoms with Crippen LogP contribution in [0.25, 0.3) is 11.4 Å². The van der Waals surface area contributed by atoms with Gasteiger partial charge in [-0.15, -0.1) is 11.3 Å². The highest BCUT2D eigenvalue weighted by atomic mass is 32.2. The van der Waals surface area contributed by atoms with E-state index in [4.69, 9.17) is 4.52 Å². The van der Waals surface area contributed by atoms with E-state index in [1.165, 1.54) is 10.7 Å². The Morgan fingerprint density at radius 3 is 2.79 bits per heavy atom. The Kier molecular flexibility index (Phi) is 5.76. The first kappa shape index (κ1) is 20.5. The van der Waals surface area contributed by atoms with E-state index in [0.29, 0.717) is 42.6 Å². The number of hydrogen-bond acceptors (Lipinski definition) is 7. The number of nitrogens with one attached hydrogen (secondary N) is 1. The first-order valence-electron chi connectivity index (χ1n) is 10.1. The molecule has 0 bridgehead atoms. The lowest BCUT2D eigenvalue weighted by atomic mass is 9.85. The van der Waals surface area contributed by atoms with Gasteiger partial charge in [-0.3, -0.25) is 4.79 Å². The summed E-state index contributed by atoms with van der Waals surface area (Å²) >= 11 is 1.15. The number of sulfonamides is 1. The van der Waals surface area contributed by atoms with E-state index in [9.17, 15) is 13.2 Å². The maximum atomic E-state index is 13.1. The maximum absolute atomic E-state index is 13.1. The number of carbonyl (C=O) groups is 1. The standard InChI is InChI=1S/C19H26N4O4S2/c1-12(2)20-18(24)14-7-4-8-23(10-14)29(25,26)16-9-15(11-28-16)17-21-19(27-22-17)13-5-3-6-13/h9,11-14H,3-8,10H2,1-2H3,(H,20,24). The van der Waals surface area contributed by atoms with Gasteiger partial charge >= 0.3 is 0 Å². The Morgan fingerprint density at radius 1 is 1.31 bits per heavy atom. The minimum absolute atomic E-state index is 0.0362. The predicted molar refractivity (Wildman–Crippen MR) is 109 cm³/mol. The van der Waals surface area contributed by atoms with Crippen molar-refractivity contribution < 1.29 is 17.7 Å². The van der Waals surface area contributed by atoms with Gasteiger partial charge in [0.1, 0.15) is 4.21 Å². The van der Waals surface area contributed by atoms with Gasteiger partial charge in [-0.05, 0) is 45.6 Å². The monoisotopic (exact) mass is 438 g/mol. The second-order valence-corrected chi connectivity index (χ2v) is 11.2. The minimum Gasteiger partial charge on any atom is -0.354 e. The van der Waals surface area contributed by atoms with Crippen molar-refractivity contribution in [3.63, 3.8) is 0 Å². The van der Waals surface area contributed by atoms with E-state index < -0.39 is 10.0 Å². The molecule has 1 atom stereocenters. The fraction of sp³-hybridized carbons (Fsp3) is 0.632. The van der Waals surface area contributed by atoms with Crippen molar-refractivity contribution in [2.24, 2.45) is 5.92 Å². The summed E-state index contributed by atoms with van der Waals surface area (Å²) in [7, 11) is -3.66. The largest absolute Gasteiger partial charge is 0.354 e. The van der Waals surface area contributed by atoms with E-state index in [1.807, 2.05) is 13.8 Å². The second kappa shape index (κ2) is 8.16. The SMILES string of the molecule is CC(C)NC(=O)C1CCCN(S(=O)(=O)c2cc(-c3noc(C4CCC4)n3)cs2)C1. The lowest BCUT2D eigenvalue weighted by Gasteiger charge is -2.31. The molecule has 1 amide bonds. The Hall–Kier alpha value is -1.78. The molecule has 29 heavy (non-hydrogen) atoms. The van der Waals surface area contributed by atoms with Gasteiger partial charge in [-0.25, -0.2) is 8.42 Å². The van der Waals surface area contributed by atoms with Gasteiger partial charge in [0.2, 0.25) is 17.6 Å². The van der Waals surface area contributed by atoms with Crippen LogP contribution in [0.3, 0.4) is 0 Å².